The first-order valence-electron chi connectivity index (χ1n) is 8.47. The molecule has 22 heavy (non-hydrogen) atoms. The van der Waals surface area contributed by atoms with Crippen LogP contribution in [0.25, 0.3) is 0 Å². The highest BCUT2D eigenvalue weighted by molar-refractivity contribution is 5.84. The summed E-state index contributed by atoms with van der Waals surface area (Å²) in [5.41, 5.74) is 1.85. The number of imidazole rings is 1. The first kappa shape index (κ1) is 18.7. The van der Waals surface area contributed by atoms with Crippen molar-refractivity contribution in [2.45, 2.75) is 91.5 Å². The Kier molecular flexibility index (Phi) is 5.82. The molecule has 1 rings (SSSR count). The van der Waals surface area contributed by atoms with Crippen molar-refractivity contribution >= 4 is 5.97 Å². The van der Waals surface area contributed by atoms with Gasteiger partial charge in [0.15, 0.2) is 0 Å². The molecule has 0 bridgehead atoms. The molecule has 0 atom stereocenters. The molecule has 0 saturated heterocycles. The summed E-state index contributed by atoms with van der Waals surface area (Å²) in [5.74, 6) is -0.732. The summed E-state index contributed by atoms with van der Waals surface area (Å²) in [4.78, 5) is 16.3. The van der Waals surface area contributed by atoms with Gasteiger partial charge in [-0.25, -0.2) is 9.78 Å². The maximum absolute atomic E-state index is 11.7. The van der Waals surface area contributed by atoms with Crippen molar-refractivity contribution in [3.8, 4) is 0 Å². The van der Waals surface area contributed by atoms with Crippen LogP contribution >= 0.6 is 0 Å². The molecule has 4 nitrogen and oxygen atoms in total. The highest BCUT2D eigenvalue weighted by Crippen LogP contribution is 2.38. The fourth-order valence-electron chi connectivity index (χ4n) is 2.64. The van der Waals surface area contributed by atoms with Crippen molar-refractivity contribution in [2.75, 3.05) is 0 Å². The lowest BCUT2D eigenvalue weighted by atomic mass is 9.77. The van der Waals surface area contributed by atoms with E-state index < -0.39 is 5.97 Å². The topological polar surface area (TPSA) is 55.1 Å². The molecule has 0 fully saturated rings. The zero-order chi connectivity index (χ0) is 17.1. The summed E-state index contributed by atoms with van der Waals surface area (Å²) in [5, 5.41) is 9.60. The van der Waals surface area contributed by atoms with E-state index in [2.05, 4.69) is 53.5 Å². The molecule has 0 spiro atoms. The van der Waals surface area contributed by atoms with Crippen LogP contribution in [0.4, 0.5) is 0 Å². The van der Waals surface area contributed by atoms with Crippen molar-refractivity contribution in [3.63, 3.8) is 0 Å². The number of nitrogens with zero attached hydrogens (tertiary/aromatic N) is 2. The van der Waals surface area contributed by atoms with E-state index in [-0.39, 0.29) is 16.7 Å². The Labute approximate surface area is 135 Å². The molecule has 0 aliphatic heterocycles. The lowest BCUT2D eigenvalue weighted by Gasteiger charge is -2.31. The largest absolute Gasteiger partial charge is 0.475 e. The van der Waals surface area contributed by atoms with Crippen LogP contribution in [0.3, 0.4) is 0 Å². The Morgan fingerprint density at radius 1 is 1.09 bits per heavy atom. The van der Waals surface area contributed by atoms with Gasteiger partial charge in [-0.05, 0) is 19.3 Å². The van der Waals surface area contributed by atoms with Crippen LogP contribution in [0, 0.1) is 0 Å². The van der Waals surface area contributed by atoms with Crippen molar-refractivity contribution in [2.24, 2.45) is 0 Å². The first-order valence-corrected chi connectivity index (χ1v) is 8.47. The van der Waals surface area contributed by atoms with Gasteiger partial charge in [0.25, 0.3) is 0 Å². The number of hydrogen-bond acceptors (Lipinski definition) is 2. The number of carboxylic acid groups (broad SMARTS) is 1. The maximum Gasteiger partial charge on any atom is 0.372 e. The summed E-state index contributed by atoms with van der Waals surface area (Å²) in [7, 11) is 0. The van der Waals surface area contributed by atoms with Crippen LogP contribution in [0.5, 0.6) is 0 Å². The average molecular weight is 308 g/mol. The second-order valence-corrected chi connectivity index (χ2v) is 7.42. The van der Waals surface area contributed by atoms with E-state index in [4.69, 9.17) is 0 Å². The zero-order valence-corrected chi connectivity index (χ0v) is 15.3. The van der Waals surface area contributed by atoms with Gasteiger partial charge in [0.05, 0.1) is 5.69 Å². The van der Waals surface area contributed by atoms with Crippen LogP contribution in [-0.4, -0.2) is 20.6 Å². The normalized spacial score (nSPS) is 12.7. The second kappa shape index (κ2) is 6.84. The predicted octanol–water partition coefficient (Wildman–Crippen LogP) is 4.76. The molecule has 0 aliphatic rings. The Hall–Kier alpha value is -1.32. The van der Waals surface area contributed by atoms with Gasteiger partial charge in [0, 0.05) is 23.1 Å². The maximum atomic E-state index is 11.7. The molecular weight excluding hydrogens is 276 g/mol. The predicted molar refractivity (Wildman–Crippen MR) is 90.7 cm³/mol. The van der Waals surface area contributed by atoms with E-state index in [9.17, 15) is 9.90 Å². The number of aromatic nitrogens is 2. The summed E-state index contributed by atoms with van der Waals surface area (Å²) < 4.78 is 1.96. The first-order chi connectivity index (χ1) is 10.1. The van der Waals surface area contributed by atoms with Gasteiger partial charge in [-0.2, -0.15) is 0 Å². The Morgan fingerprint density at radius 3 is 2.05 bits per heavy atom. The van der Waals surface area contributed by atoms with Gasteiger partial charge in [0.1, 0.15) is 0 Å². The van der Waals surface area contributed by atoms with Crippen LogP contribution in [-0.2, 0) is 17.4 Å². The molecule has 0 amide bonds. The highest BCUT2D eigenvalue weighted by Gasteiger charge is 2.36. The third-order valence-corrected chi connectivity index (χ3v) is 4.94. The molecule has 4 heteroatoms. The van der Waals surface area contributed by atoms with Crippen LogP contribution in [0.1, 0.15) is 96.2 Å². The van der Waals surface area contributed by atoms with E-state index in [0.717, 1.165) is 43.6 Å². The number of carbonyl (C=O) groups is 1. The highest BCUT2D eigenvalue weighted by atomic mass is 16.4. The molecule has 0 radical (unpaired) electrons. The van der Waals surface area contributed by atoms with E-state index in [1.54, 1.807) is 0 Å². The minimum atomic E-state index is -0.928. The SMILES string of the molecule is CCCCn1c(C(=O)O)nc(C(C)(C)CC)c1C(C)(C)CC. The summed E-state index contributed by atoms with van der Waals surface area (Å²) in [6, 6.07) is 0. The Bertz CT molecular complexity index is 527. The third kappa shape index (κ3) is 3.53. The van der Waals surface area contributed by atoms with Gasteiger partial charge in [-0.3, -0.25) is 0 Å². The molecule has 0 aromatic carbocycles. The van der Waals surface area contributed by atoms with Gasteiger partial charge >= 0.3 is 5.97 Å². The molecular formula is C18H32N2O2. The second-order valence-electron chi connectivity index (χ2n) is 7.42. The Morgan fingerprint density at radius 2 is 1.64 bits per heavy atom. The third-order valence-electron chi connectivity index (χ3n) is 4.94. The number of rotatable bonds is 8. The molecule has 1 heterocycles. The number of hydrogen-bond donors (Lipinski definition) is 1. The summed E-state index contributed by atoms with van der Waals surface area (Å²) in [6.07, 6.45) is 3.89. The van der Waals surface area contributed by atoms with E-state index in [1.165, 1.54) is 0 Å². The molecule has 1 N–H and O–H groups in total. The molecule has 126 valence electrons. The van der Waals surface area contributed by atoms with Crippen LogP contribution < -0.4 is 0 Å². The van der Waals surface area contributed by atoms with Gasteiger partial charge in [0.2, 0.25) is 5.82 Å². The van der Waals surface area contributed by atoms with Gasteiger partial charge in [-0.15, -0.1) is 0 Å². The summed E-state index contributed by atoms with van der Waals surface area (Å²) in [6.45, 7) is 15.8. The zero-order valence-electron chi connectivity index (χ0n) is 15.3. The molecule has 0 unspecified atom stereocenters. The lowest BCUT2D eigenvalue weighted by Crippen LogP contribution is -2.28. The number of aromatic carboxylic acids is 1. The van der Waals surface area contributed by atoms with E-state index in [0.29, 0.717) is 0 Å². The van der Waals surface area contributed by atoms with Crippen LogP contribution in [0.15, 0.2) is 0 Å². The standard InChI is InChI=1S/C18H32N2O2/c1-8-11-12-20-14(18(6,7)10-3)13(17(4,5)9-2)19-15(20)16(21)22/h8-12H2,1-7H3,(H,21,22). The quantitative estimate of drug-likeness (QED) is 0.753. The number of carboxylic acids is 1. The van der Waals surface area contributed by atoms with Crippen molar-refractivity contribution in [1.82, 2.24) is 9.55 Å². The van der Waals surface area contributed by atoms with E-state index >= 15 is 0 Å². The van der Waals surface area contributed by atoms with Crippen molar-refractivity contribution in [3.05, 3.63) is 17.2 Å². The molecule has 1 aromatic heterocycles. The molecule has 0 saturated carbocycles. The van der Waals surface area contributed by atoms with Crippen molar-refractivity contribution in [1.29, 1.82) is 0 Å². The minimum Gasteiger partial charge on any atom is -0.475 e. The fraction of sp³-hybridized carbons (Fsp3) is 0.778. The summed E-state index contributed by atoms with van der Waals surface area (Å²) >= 11 is 0. The molecule has 0 aliphatic carbocycles. The Balaban J connectivity index is 3.66. The smallest absolute Gasteiger partial charge is 0.372 e. The average Bonchev–Trinajstić information content (AvgIpc) is 2.86. The molecule has 1 aromatic rings. The monoisotopic (exact) mass is 308 g/mol. The van der Waals surface area contributed by atoms with E-state index in [1.807, 2.05) is 4.57 Å². The fourth-order valence-corrected chi connectivity index (χ4v) is 2.64. The van der Waals surface area contributed by atoms with Gasteiger partial charge in [-0.1, -0.05) is 54.9 Å². The lowest BCUT2D eigenvalue weighted by molar-refractivity contribution is 0.0677. The number of unbranched alkanes of at least 4 members (excludes halogenated alkanes) is 1. The van der Waals surface area contributed by atoms with Gasteiger partial charge < -0.3 is 9.67 Å². The van der Waals surface area contributed by atoms with Crippen LogP contribution in [0.2, 0.25) is 0 Å². The van der Waals surface area contributed by atoms with Crippen molar-refractivity contribution < 1.29 is 9.90 Å². The minimum absolute atomic E-state index is 0.0871.